The summed E-state index contributed by atoms with van der Waals surface area (Å²) in [5.74, 6) is -1.82. The van der Waals surface area contributed by atoms with E-state index in [4.69, 9.17) is 10.5 Å². The highest BCUT2D eigenvalue weighted by Crippen LogP contribution is 2.58. The van der Waals surface area contributed by atoms with Crippen molar-refractivity contribution in [2.75, 3.05) is 6.61 Å². The van der Waals surface area contributed by atoms with E-state index >= 15 is 0 Å². The molecule has 1 aromatic carbocycles. The van der Waals surface area contributed by atoms with E-state index in [2.05, 4.69) is 14.8 Å². The SMILES string of the molecule is Cl.NC12CC(NC(=O)COc3ccc4c(c3F)OC(F)O4)(C1)C2. The van der Waals surface area contributed by atoms with E-state index in [1.807, 2.05) is 0 Å². The van der Waals surface area contributed by atoms with E-state index < -0.39 is 12.4 Å². The van der Waals surface area contributed by atoms with Gasteiger partial charge in [0.2, 0.25) is 11.6 Å². The monoisotopic (exact) mass is 348 g/mol. The molecule has 4 aliphatic rings. The summed E-state index contributed by atoms with van der Waals surface area (Å²) >= 11 is 0. The molecule has 3 fully saturated rings. The lowest BCUT2D eigenvalue weighted by molar-refractivity contribution is -0.137. The van der Waals surface area contributed by atoms with Gasteiger partial charge in [0.1, 0.15) is 0 Å². The van der Waals surface area contributed by atoms with Crippen LogP contribution in [0.5, 0.6) is 17.2 Å². The number of hydrogen-bond acceptors (Lipinski definition) is 5. The molecule has 5 rings (SSSR count). The fourth-order valence-corrected chi connectivity index (χ4v) is 3.53. The molecule has 1 aromatic rings. The van der Waals surface area contributed by atoms with Gasteiger partial charge in [-0.25, -0.2) is 0 Å². The van der Waals surface area contributed by atoms with Crippen LogP contribution in [-0.2, 0) is 4.79 Å². The predicted molar refractivity (Wildman–Crippen MR) is 76.9 cm³/mol. The fraction of sp³-hybridized carbons (Fsp3) is 0.500. The van der Waals surface area contributed by atoms with Crippen molar-refractivity contribution in [1.29, 1.82) is 0 Å². The first kappa shape index (κ1) is 16.1. The van der Waals surface area contributed by atoms with Crippen LogP contribution in [0.25, 0.3) is 0 Å². The Hall–Kier alpha value is -1.80. The van der Waals surface area contributed by atoms with Gasteiger partial charge in [-0.05, 0) is 31.4 Å². The number of halogens is 3. The molecule has 3 N–H and O–H groups in total. The van der Waals surface area contributed by atoms with Crippen LogP contribution in [0.2, 0.25) is 0 Å². The Balaban J connectivity index is 0.00000156. The number of carbonyl (C=O) groups is 1. The molecule has 1 unspecified atom stereocenters. The van der Waals surface area contributed by atoms with E-state index in [0.717, 1.165) is 19.3 Å². The quantitative estimate of drug-likeness (QED) is 0.859. The third kappa shape index (κ3) is 2.55. The van der Waals surface area contributed by atoms with Crippen LogP contribution >= 0.6 is 12.4 Å². The Morgan fingerprint density at radius 3 is 2.74 bits per heavy atom. The van der Waals surface area contributed by atoms with Crippen molar-refractivity contribution in [3.05, 3.63) is 17.9 Å². The van der Waals surface area contributed by atoms with Gasteiger partial charge in [-0.1, -0.05) is 0 Å². The summed E-state index contributed by atoms with van der Waals surface area (Å²) in [6, 6.07) is 2.59. The largest absolute Gasteiger partial charge is 0.481 e. The number of nitrogens with two attached hydrogens (primary N) is 1. The summed E-state index contributed by atoms with van der Waals surface area (Å²) in [7, 11) is 0. The van der Waals surface area contributed by atoms with E-state index in [0.29, 0.717) is 0 Å². The Morgan fingerprint density at radius 1 is 1.39 bits per heavy atom. The number of ether oxygens (including phenoxy) is 3. The summed E-state index contributed by atoms with van der Waals surface area (Å²) < 4.78 is 41.2. The fourth-order valence-electron chi connectivity index (χ4n) is 3.53. The minimum absolute atomic E-state index is 0. The van der Waals surface area contributed by atoms with Crippen molar-refractivity contribution in [2.45, 2.75) is 36.9 Å². The molecule has 6 nitrogen and oxygen atoms in total. The topological polar surface area (TPSA) is 82.8 Å². The zero-order valence-electron chi connectivity index (χ0n) is 11.9. The highest BCUT2D eigenvalue weighted by Gasteiger charge is 2.66. The molecule has 3 aliphatic carbocycles. The second kappa shape index (κ2) is 5.10. The lowest BCUT2D eigenvalue weighted by Gasteiger charge is -2.68. The number of fused-ring (bicyclic) bond motifs is 1. The number of alkyl halides is 1. The molecule has 0 radical (unpaired) electrons. The number of nitrogens with one attached hydrogen (secondary N) is 1. The van der Waals surface area contributed by atoms with Crippen LogP contribution < -0.4 is 25.3 Å². The zero-order valence-corrected chi connectivity index (χ0v) is 12.8. The van der Waals surface area contributed by atoms with Gasteiger partial charge in [0, 0.05) is 11.1 Å². The first-order valence-electron chi connectivity index (χ1n) is 6.91. The van der Waals surface area contributed by atoms with Crippen molar-refractivity contribution in [3.63, 3.8) is 0 Å². The maximum atomic E-state index is 14.0. The maximum Gasteiger partial charge on any atom is 0.397 e. The molecule has 0 saturated heterocycles. The van der Waals surface area contributed by atoms with Crippen LogP contribution in [0.3, 0.4) is 0 Å². The summed E-state index contributed by atoms with van der Waals surface area (Å²) in [6.07, 6.45) is 2.30. The summed E-state index contributed by atoms with van der Waals surface area (Å²) in [4.78, 5) is 11.8. The number of benzene rings is 1. The average Bonchev–Trinajstić information content (AvgIpc) is 2.76. The van der Waals surface area contributed by atoms with E-state index in [9.17, 15) is 13.6 Å². The normalized spacial score (nSPS) is 32.2. The van der Waals surface area contributed by atoms with Crippen molar-refractivity contribution < 1.29 is 27.8 Å². The van der Waals surface area contributed by atoms with Gasteiger partial charge in [-0.15, -0.1) is 12.4 Å². The Bertz CT molecular complexity index is 653. The van der Waals surface area contributed by atoms with Crippen LogP contribution in [0.15, 0.2) is 12.1 Å². The molecule has 23 heavy (non-hydrogen) atoms. The highest BCUT2D eigenvalue weighted by atomic mass is 35.5. The molecule has 2 bridgehead atoms. The van der Waals surface area contributed by atoms with Gasteiger partial charge in [0.25, 0.3) is 5.91 Å². The zero-order chi connectivity index (χ0) is 15.5. The molecule has 1 atom stereocenters. The second-order valence-electron chi connectivity index (χ2n) is 6.22. The molecule has 3 saturated carbocycles. The van der Waals surface area contributed by atoms with Crippen molar-refractivity contribution >= 4 is 18.3 Å². The standard InChI is InChI=1S/C14H14F2N2O4.ClH/c15-10-7(1-2-8-11(10)22-12(16)21-8)20-3-9(19)18-14-4-13(17,5-14)6-14;/h1-2,12H,3-6,17H2,(H,18,19);1H. The smallest absolute Gasteiger partial charge is 0.397 e. The maximum absolute atomic E-state index is 14.0. The number of hydrogen-bond donors (Lipinski definition) is 2. The number of rotatable bonds is 4. The number of carbonyl (C=O) groups excluding carboxylic acids is 1. The highest BCUT2D eigenvalue weighted by molar-refractivity contribution is 5.85. The first-order valence-corrected chi connectivity index (χ1v) is 6.91. The third-order valence-electron chi connectivity index (χ3n) is 4.29. The van der Waals surface area contributed by atoms with Crippen LogP contribution in [0.1, 0.15) is 19.3 Å². The molecule has 1 heterocycles. The average molecular weight is 349 g/mol. The van der Waals surface area contributed by atoms with Crippen LogP contribution in [0, 0.1) is 5.82 Å². The Morgan fingerprint density at radius 2 is 2.09 bits per heavy atom. The van der Waals surface area contributed by atoms with Gasteiger partial charge in [-0.3, -0.25) is 4.79 Å². The van der Waals surface area contributed by atoms with Gasteiger partial charge in [0.15, 0.2) is 18.1 Å². The summed E-state index contributed by atoms with van der Waals surface area (Å²) in [6.45, 7) is -2.37. The minimum atomic E-state index is -2.03. The number of amides is 1. The van der Waals surface area contributed by atoms with Crippen molar-refractivity contribution in [1.82, 2.24) is 5.32 Å². The molecule has 1 amide bonds. The lowest BCUT2D eigenvalue weighted by atomic mass is 9.44. The van der Waals surface area contributed by atoms with Crippen molar-refractivity contribution in [3.8, 4) is 17.2 Å². The third-order valence-corrected chi connectivity index (χ3v) is 4.29. The minimum Gasteiger partial charge on any atom is -0.481 e. The second-order valence-corrected chi connectivity index (χ2v) is 6.22. The van der Waals surface area contributed by atoms with Gasteiger partial charge in [0.05, 0.1) is 0 Å². The van der Waals surface area contributed by atoms with Crippen molar-refractivity contribution in [2.24, 2.45) is 5.73 Å². The Kier molecular flexibility index (Phi) is 3.57. The van der Waals surface area contributed by atoms with Gasteiger partial charge < -0.3 is 25.3 Å². The predicted octanol–water partition coefficient (Wildman–Crippen LogP) is 1.40. The first-order chi connectivity index (χ1) is 10.4. The van der Waals surface area contributed by atoms with Gasteiger partial charge in [-0.2, -0.15) is 8.78 Å². The summed E-state index contributed by atoms with van der Waals surface area (Å²) in [5, 5.41) is 2.85. The molecule has 0 aromatic heterocycles. The molecule has 126 valence electrons. The molecular weight excluding hydrogens is 334 g/mol. The van der Waals surface area contributed by atoms with E-state index in [-0.39, 0.29) is 53.2 Å². The van der Waals surface area contributed by atoms with Crippen LogP contribution in [0.4, 0.5) is 8.78 Å². The molecule has 9 heteroatoms. The Labute approximate surface area is 136 Å². The molecule has 0 spiro atoms. The van der Waals surface area contributed by atoms with Gasteiger partial charge >= 0.3 is 6.54 Å². The van der Waals surface area contributed by atoms with E-state index in [1.54, 1.807) is 0 Å². The molecule has 1 aliphatic heterocycles. The molecular formula is C14H15ClF2N2O4. The van der Waals surface area contributed by atoms with Crippen LogP contribution in [-0.4, -0.2) is 30.1 Å². The summed E-state index contributed by atoms with van der Waals surface area (Å²) in [5.41, 5.74) is 5.59. The lowest BCUT2D eigenvalue weighted by Crippen LogP contribution is -2.82. The van der Waals surface area contributed by atoms with E-state index in [1.165, 1.54) is 12.1 Å².